The summed E-state index contributed by atoms with van der Waals surface area (Å²) in [5.74, 6) is 1.32. The van der Waals surface area contributed by atoms with Gasteiger partial charge < -0.3 is 19.5 Å². The molecule has 5 heteroatoms. The van der Waals surface area contributed by atoms with Gasteiger partial charge in [-0.15, -0.1) is 0 Å². The molecular formula is C14H19NO4. The Kier molecular flexibility index (Phi) is 4.27. The average Bonchev–Trinajstić information content (AvgIpc) is 2.94. The minimum atomic E-state index is -0.0306. The molecule has 1 aromatic carbocycles. The van der Waals surface area contributed by atoms with Crippen LogP contribution in [-0.2, 0) is 0 Å². The first-order valence-electron chi connectivity index (χ1n) is 6.31. The summed E-state index contributed by atoms with van der Waals surface area (Å²) in [6.45, 7) is 1.44. The van der Waals surface area contributed by atoms with Gasteiger partial charge in [0.25, 0.3) is 5.91 Å². The lowest BCUT2D eigenvalue weighted by molar-refractivity contribution is 0.0781. The van der Waals surface area contributed by atoms with Gasteiger partial charge in [0.1, 0.15) is 0 Å². The van der Waals surface area contributed by atoms with E-state index in [-0.39, 0.29) is 18.4 Å². The second-order valence-corrected chi connectivity index (χ2v) is 4.66. The molecule has 5 nitrogen and oxygen atoms in total. The van der Waals surface area contributed by atoms with E-state index >= 15 is 0 Å². The quantitative estimate of drug-likeness (QED) is 0.887. The van der Waals surface area contributed by atoms with E-state index in [2.05, 4.69) is 0 Å². The molecule has 104 valence electrons. The number of aliphatic hydroxyl groups excluding tert-OH is 1. The SMILES string of the molecule is COc1ccc(C(=O)N2CCC(CO)C2)cc1OC. The number of carbonyl (C=O) groups is 1. The molecule has 1 aromatic rings. The summed E-state index contributed by atoms with van der Waals surface area (Å²) >= 11 is 0. The number of hydrogen-bond acceptors (Lipinski definition) is 4. The van der Waals surface area contributed by atoms with Crippen LogP contribution in [0.4, 0.5) is 0 Å². The zero-order valence-electron chi connectivity index (χ0n) is 11.3. The van der Waals surface area contributed by atoms with E-state index in [9.17, 15) is 4.79 Å². The average molecular weight is 265 g/mol. The molecule has 0 spiro atoms. The van der Waals surface area contributed by atoms with Gasteiger partial charge in [0.05, 0.1) is 14.2 Å². The van der Waals surface area contributed by atoms with Crippen LogP contribution >= 0.6 is 0 Å². The van der Waals surface area contributed by atoms with Gasteiger partial charge in [0.15, 0.2) is 11.5 Å². The minimum Gasteiger partial charge on any atom is -0.493 e. The first kappa shape index (κ1) is 13.7. The van der Waals surface area contributed by atoms with E-state index in [1.165, 1.54) is 0 Å². The molecule has 1 saturated heterocycles. The van der Waals surface area contributed by atoms with Crippen molar-refractivity contribution in [1.29, 1.82) is 0 Å². The molecule has 1 fully saturated rings. The van der Waals surface area contributed by atoms with Gasteiger partial charge >= 0.3 is 0 Å². The number of rotatable bonds is 4. The number of methoxy groups -OCH3 is 2. The summed E-state index contributed by atoms with van der Waals surface area (Å²) in [6, 6.07) is 5.15. The fourth-order valence-electron chi connectivity index (χ4n) is 2.32. The van der Waals surface area contributed by atoms with Crippen LogP contribution in [0.5, 0.6) is 11.5 Å². The van der Waals surface area contributed by atoms with Crippen molar-refractivity contribution < 1.29 is 19.4 Å². The normalized spacial score (nSPS) is 18.5. The van der Waals surface area contributed by atoms with E-state index in [4.69, 9.17) is 14.6 Å². The van der Waals surface area contributed by atoms with Crippen LogP contribution in [0.1, 0.15) is 16.8 Å². The number of likely N-dealkylation sites (tertiary alicyclic amines) is 1. The molecule has 0 aromatic heterocycles. The molecule has 1 unspecified atom stereocenters. The Balaban J connectivity index is 2.15. The number of aliphatic hydroxyl groups is 1. The molecule has 1 heterocycles. The first-order chi connectivity index (χ1) is 9.19. The molecular weight excluding hydrogens is 246 g/mol. The fraction of sp³-hybridized carbons (Fsp3) is 0.500. The van der Waals surface area contributed by atoms with Crippen LogP contribution in [-0.4, -0.2) is 49.8 Å². The molecule has 19 heavy (non-hydrogen) atoms. The van der Waals surface area contributed by atoms with Crippen LogP contribution in [0.25, 0.3) is 0 Å². The van der Waals surface area contributed by atoms with Crippen LogP contribution in [0.3, 0.4) is 0 Å². The van der Waals surface area contributed by atoms with Gasteiger partial charge in [0.2, 0.25) is 0 Å². The molecule has 1 amide bonds. The maximum atomic E-state index is 12.3. The second-order valence-electron chi connectivity index (χ2n) is 4.66. The van der Waals surface area contributed by atoms with Crippen molar-refractivity contribution in [2.75, 3.05) is 33.9 Å². The number of amides is 1. The van der Waals surface area contributed by atoms with Crippen molar-refractivity contribution in [1.82, 2.24) is 4.90 Å². The van der Waals surface area contributed by atoms with Crippen LogP contribution < -0.4 is 9.47 Å². The number of nitrogens with zero attached hydrogens (tertiary/aromatic N) is 1. The lowest BCUT2D eigenvalue weighted by Gasteiger charge is -2.17. The van der Waals surface area contributed by atoms with Gasteiger partial charge in [0, 0.05) is 31.2 Å². The molecule has 1 N–H and O–H groups in total. The van der Waals surface area contributed by atoms with Gasteiger partial charge in [-0.1, -0.05) is 0 Å². The Labute approximate surface area is 112 Å². The Hall–Kier alpha value is -1.75. The monoisotopic (exact) mass is 265 g/mol. The fourth-order valence-corrected chi connectivity index (χ4v) is 2.32. The smallest absolute Gasteiger partial charge is 0.254 e. The summed E-state index contributed by atoms with van der Waals surface area (Å²) in [6.07, 6.45) is 0.857. The number of hydrogen-bond donors (Lipinski definition) is 1. The third-order valence-electron chi connectivity index (χ3n) is 3.46. The maximum absolute atomic E-state index is 12.3. The summed E-state index contributed by atoms with van der Waals surface area (Å²) in [4.78, 5) is 14.1. The van der Waals surface area contributed by atoms with E-state index in [0.717, 1.165) is 6.42 Å². The van der Waals surface area contributed by atoms with Gasteiger partial charge in [-0.25, -0.2) is 0 Å². The van der Waals surface area contributed by atoms with E-state index in [1.54, 1.807) is 37.3 Å². The third kappa shape index (κ3) is 2.81. The predicted octanol–water partition coefficient (Wildman–Crippen LogP) is 1.16. The van der Waals surface area contributed by atoms with Crippen molar-refractivity contribution >= 4 is 5.91 Å². The van der Waals surface area contributed by atoms with E-state index in [1.807, 2.05) is 0 Å². The Bertz CT molecular complexity index is 461. The van der Waals surface area contributed by atoms with E-state index < -0.39 is 0 Å². The Morgan fingerprint density at radius 2 is 2.11 bits per heavy atom. The summed E-state index contributed by atoms with van der Waals surface area (Å²) in [7, 11) is 3.11. The number of benzene rings is 1. The molecule has 1 aliphatic heterocycles. The third-order valence-corrected chi connectivity index (χ3v) is 3.46. The number of ether oxygens (including phenoxy) is 2. The largest absolute Gasteiger partial charge is 0.493 e. The predicted molar refractivity (Wildman–Crippen MR) is 70.6 cm³/mol. The van der Waals surface area contributed by atoms with Crippen molar-refractivity contribution in [3.05, 3.63) is 23.8 Å². The zero-order chi connectivity index (χ0) is 13.8. The lowest BCUT2D eigenvalue weighted by atomic mass is 10.1. The summed E-state index contributed by atoms with van der Waals surface area (Å²) in [5, 5.41) is 9.11. The van der Waals surface area contributed by atoms with E-state index in [0.29, 0.717) is 30.2 Å². The van der Waals surface area contributed by atoms with Crippen molar-refractivity contribution in [3.63, 3.8) is 0 Å². The minimum absolute atomic E-state index is 0.0306. The van der Waals surface area contributed by atoms with Crippen molar-refractivity contribution in [2.45, 2.75) is 6.42 Å². The van der Waals surface area contributed by atoms with Gasteiger partial charge in [-0.3, -0.25) is 4.79 Å². The van der Waals surface area contributed by atoms with Crippen molar-refractivity contribution in [2.24, 2.45) is 5.92 Å². The highest BCUT2D eigenvalue weighted by Gasteiger charge is 2.26. The second kappa shape index (κ2) is 5.93. The highest BCUT2D eigenvalue weighted by atomic mass is 16.5. The number of carbonyl (C=O) groups excluding carboxylic acids is 1. The van der Waals surface area contributed by atoms with Gasteiger partial charge in [-0.2, -0.15) is 0 Å². The molecule has 1 atom stereocenters. The van der Waals surface area contributed by atoms with Crippen molar-refractivity contribution in [3.8, 4) is 11.5 Å². The standard InChI is InChI=1S/C14H19NO4/c1-18-12-4-3-11(7-13(12)19-2)14(17)15-6-5-10(8-15)9-16/h3-4,7,10,16H,5-6,8-9H2,1-2H3. The van der Waals surface area contributed by atoms with Crippen LogP contribution in [0.2, 0.25) is 0 Å². The molecule has 1 aliphatic rings. The molecule has 0 saturated carbocycles. The first-order valence-corrected chi connectivity index (χ1v) is 6.31. The topological polar surface area (TPSA) is 59.0 Å². The molecule has 0 radical (unpaired) electrons. The molecule has 0 aliphatic carbocycles. The maximum Gasteiger partial charge on any atom is 0.254 e. The van der Waals surface area contributed by atoms with Crippen LogP contribution in [0.15, 0.2) is 18.2 Å². The molecule has 2 rings (SSSR count). The van der Waals surface area contributed by atoms with Gasteiger partial charge in [-0.05, 0) is 24.6 Å². The van der Waals surface area contributed by atoms with Crippen LogP contribution in [0, 0.1) is 5.92 Å². The Morgan fingerprint density at radius 3 is 2.68 bits per heavy atom. The highest BCUT2D eigenvalue weighted by Crippen LogP contribution is 2.28. The summed E-state index contributed by atoms with van der Waals surface area (Å²) in [5.41, 5.74) is 0.580. The highest BCUT2D eigenvalue weighted by molar-refractivity contribution is 5.95. The zero-order valence-corrected chi connectivity index (χ0v) is 11.3. The lowest BCUT2D eigenvalue weighted by Crippen LogP contribution is -2.29. The molecule has 0 bridgehead atoms. The summed E-state index contributed by atoms with van der Waals surface area (Å²) < 4.78 is 10.3. The Morgan fingerprint density at radius 1 is 1.37 bits per heavy atom.